The van der Waals surface area contributed by atoms with Crippen molar-refractivity contribution in [1.29, 1.82) is 0 Å². The zero-order valence-corrected chi connectivity index (χ0v) is 16.5. The highest BCUT2D eigenvalue weighted by atomic mass is 16.5. The van der Waals surface area contributed by atoms with Crippen LogP contribution in [0.4, 0.5) is 11.4 Å². The van der Waals surface area contributed by atoms with E-state index in [-0.39, 0.29) is 24.9 Å². The first kappa shape index (κ1) is 21.0. The van der Waals surface area contributed by atoms with Gasteiger partial charge in [0.25, 0.3) is 0 Å². The monoisotopic (exact) mass is 383 g/mol. The van der Waals surface area contributed by atoms with Crippen molar-refractivity contribution in [2.24, 2.45) is 0 Å². The van der Waals surface area contributed by atoms with Crippen LogP contribution in [-0.2, 0) is 14.3 Å². The Morgan fingerprint density at radius 2 is 1.64 bits per heavy atom. The predicted molar refractivity (Wildman–Crippen MR) is 109 cm³/mol. The summed E-state index contributed by atoms with van der Waals surface area (Å²) < 4.78 is 4.68. The molecule has 148 valence electrons. The highest BCUT2D eigenvalue weighted by Crippen LogP contribution is 2.18. The molecule has 0 heterocycles. The minimum Gasteiger partial charge on any atom is -0.465 e. The van der Waals surface area contributed by atoms with E-state index >= 15 is 0 Å². The van der Waals surface area contributed by atoms with Crippen LogP contribution in [0.1, 0.15) is 27.0 Å². The summed E-state index contributed by atoms with van der Waals surface area (Å²) in [5.74, 6) is -1.02. The molecule has 0 aliphatic carbocycles. The van der Waals surface area contributed by atoms with Gasteiger partial charge in [-0.2, -0.15) is 0 Å². The topological polar surface area (TPSA) is 96.5 Å². The number of carbonyl (C=O) groups excluding carboxylic acids is 3. The van der Waals surface area contributed by atoms with Crippen molar-refractivity contribution in [2.45, 2.75) is 20.8 Å². The molecular formula is C21H25N3O4. The number of ether oxygens (including phenoxy) is 1. The number of esters is 1. The number of anilines is 2. The Labute approximate surface area is 164 Å². The third kappa shape index (κ3) is 5.57. The van der Waals surface area contributed by atoms with Crippen LogP contribution >= 0.6 is 0 Å². The molecule has 0 radical (unpaired) electrons. The van der Waals surface area contributed by atoms with Crippen LogP contribution < -0.4 is 16.0 Å². The van der Waals surface area contributed by atoms with Crippen LogP contribution in [0.5, 0.6) is 0 Å². The van der Waals surface area contributed by atoms with E-state index in [1.54, 1.807) is 18.2 Å². The lowest BCUT2D eigenvalue weighted by Gasteiger charge is -2.12. The average Bonchev–Trinajstić information content (AvgIpc) is 2.68. The van der Waals surface area contributed by atoms with Gasteiger partial charge in [0.15, 0.2) is 0 Å². The quantitative estimate of drug-likeness (QED) is 0.639. The molecule has 0 saturated heterocycles. The first-order chi connectivity index (χ1) is 13.3. The van der Waals surface area contributed by atoms with Gasteiger partial charge in [0, 0.05) is 11.4 Å². The smallest absolute Gasteiger partial charge is 0.337 e. The lowest BCUT2D eigenvalue weighted by atomic mass is 10.1. The normalized spacial score (nSPS) is 10.1. The number of carbonyl (C=O) groups is 3. The summed E-state index contributed by atoms with van der Waals surface area (Å²) in [6.45, 7) is 5.62. The molecule has 0 atom stereocenters. The average molecular weight is 383 g/mol. The fourth-order valence-corrected chi connectivity index (χ4v) is 2.60. The highest BCUT2D eigenvalue weighted by molar-refractivity contribution is 5.95. The zero-order chi connectivity index (χ0) is 20.7. The molecule has 0 unspecified atom stereocenters. The minimum atomic E-state index is -0.415. The van der Waals surface area contributed by atoms with E-state index in [4.69, 9.17) is 0 Å². The van der Waals surface area contributed by atoms with E-state index in [2.05, 4.69) is 20.7 Å². The van der Waals surface area contributed by atoms with Gasteiger partial charge in [-0.3, -0.25) is 9.59 Å². The van der Waals surface area contributed by atoms with Crippen molar-refractivity contribution in [1.82, 2.24) is 5.32 Å². The van der Waals surface area contributed by atoms with Crippen LogP contribution in [0.25, 0.3) is 0 Å². The number of rotatable bonds is 7. The molecule has 0 aliphatic heterocycles. The van der Waals surface area contributed by atoms with Crippen LogP contribution in [0.15, 0.2) is 36.4 Å². The molecule has 2 rings (SSSR count). The zero-order valence-electron chi connectivity index (χ0n) is 16.5. The summed E-state index contributed by atoms with van der Waals surface area (Å²) in [5, 5.41) is 8.36. The van der Waals surface area contributed by atoms with E-state index in [0.29, 0.717) is 5.56 Å². The molecule has 7 heteroatoms. The molecule has 3 N–H and O–H groups in total. The SMILES string of the molecule is COC(=O)c1ccc(NCC(=O)NCC(=O)Nc2cccc(C)c2C)c(C)c1. The molecule has 0 spiro atoms. The molecular weight excluding hydrogens is 358 g/mol. The Morgan fingerprint density at radius 3 is 2.32 bits per heavy atom. The van der Waals surface area contributed by atoms with Gasteiger partial charge in [-0.15, -0.1) is 0 Å². The van der Waals surface area contributed by atoms with Crippen molar-refractivity contribution >= 4 is 29.2 Å². The van der Waals surface area contributed by atoms with Crippen molar-refractivity contribution < 1.29 is 19.1 Å². The Morgan fingerprint density at radius 1 is 0.893 bits per heavy atom. The second-order valence-corrected chi connectivity index (χ2v) is 6.45. The van der Waals surface area contributed by atoms with Crippen molar-refractivity contribution in [3.05, 3.63) is 58.7 Å². The van der Waals surface area contributed by atoms with Crippen LogP contribution in [0, 0.1) is 20.8 Å². The third-order valence-corrected chi connectivity index (χ3v) is 4.41. The summed E-state index contributed by atoms with van der Waals surface area (Å²) in [7, 11) is 1.32. The molecule has 2 amide bonds. The molecule has 7 nitrogen and oxygen atoms in total. The van der Waals surface area contributed by atoms with Crippen molar-refractivity contribution in [3.63, 3.8) is 0 Å². The predicted octanol–water partition coefficient (Wildman–Crippen LogP) is 2.57. The summed E-state index contributed by atoms with van der Waals surface area (Å²) in [6.07, 6.45) is 0. The van der Waals surface area contributed by atoms with Gasteiger partial charge in [0.05, 0.1) is 25.8 Å². The van der Waals surface area contributed by atoms with Crippen molar-refractivity contribution in [2.75, 3.05) is 30.8 Å². The molecule has 0 aromatic heterocycles. The van der Waals surface area contributed by atoms with E-state index < -0.39 is 5.97 Å². The van der Waals surface area contributed by atoms with E-state index in [1.165, 1.54) is 7.11 Å². The molecule has 0 saturated carbocycles. The summed E-state index contributed by atoms with van der Waals surface area (Å²) in [5.41, 5.74) is 4.79. The Hall–Kier alpha value is -3.35. The number of hydrogen-bond acceptors (Lipinski definition) is 5. The molecule has 2 aromatic carbocycles. The second kappa shape index (κ2) is 9.55. The van der Waals surface area contributed by atoms with Gasteiger partial charge in [-0.05, 0) is 61.7 Å². The van der Waals surface area contributed by atoms with Gasteiger partial charge in [-0.1, -0.05) is 12.1 Å². The number of amides is 2. The largest absolute Gasteiger partial charge is 0.465 e. The van der Waals surface area contributed by atoms with Crippen molar-refractivity contribution in [3.8, 4) is 0 Å². The summed E-state index contributed by atoms with van der Waals surface area (Å²) >= 11 is 0. The minimum absolute atomic E-state index is 0.00909. The maximum atomic E-state index is 12.0. The Bertz CT molecular complexity index is 893. The summed E-state index contributed by atoms with van der Waals surface area (Å²) in [6, 6.07) is 10.7. The molecule has 0 aliphatic rings. The van der Waals surface area contributed by atoms with Gasteiger partial charge in [0.2, 0.25) is 11.8 Å². The Kier molecular flexibility index (Phi) is 7.14. The fraction of sp³-hybridized carbons (Fsp3) is 0.286. The van der Waals surface area contributed by atoms with Gasteiger partial charge in [-0.25, -0.2) is 4.79 Å². The maximum Gasteiger partial charge on any atom is 0.337 e. The number of methoxy groups -OCH3 is 1. The van der Waals surface area contributed by atoms with Gasteiger partial charge >= 0.3 is 5.97 Å². The summed E-state index contributed by atoms with van der Waals surface area (Å²) in [4.78, 5) is 35.6. The van der Waals surface area contributed by atoms with E-state index in [9.17, 15) is 14.4 Å². The lowest BCUT2D eigenvalue weighted by Crippen LogP contribution is -2.36. The molecule has 0 fully saturated rings. The lowest BCUT2D eigenvalue weighted by molar-refractivity contribution is -0.122. The van der Waals surface area contributed by atoms with Crippen LogP contribution in [-0.4, -0.2) is 38.0 Å². The fourth-order valence-electron chi connectivity index (χ4n) is 2.60. The standard InChI is InChI=1S/C21H25N3O4/c1-13-6-5-7-18(15(13)3)24-20(26)12-23-19(25)11-22-17-9-8-16(10-14(17)2)21(27)28-4/h5-10,22H,11-12H2,1-4H3,(H,23,25)(H,24,26). The molecule has 28 heavy (non-hydrogen) atoms. The number of hydrogen-bond donors (Lipinski definition) is 3. The van der Waals surface area contributed by atoms with E-state index in [0.717, 1.165) is 28.1 Å². The van der Waals surface area contributed by atoms with Crippen LogP contribution in [0.3, 0.4) is 0 Å². The van der Waals surface area contributed by atoms with E-state index in [1.807, 2.05) is 39.0 Å². The Balaban J connectivity index is 1.82. The highest BCUT2D eigenvalue weighted by Gasteiger charge is 2.10. The van der Waals surface area contributed by atoms with Crippen LogP contribution in [0.2, 0.25) is 0 Å². The first-order valence-electron chi connectivity index (χ1n) is 8.87. The maximum absolute atomic E-state index is 12.0. The van der Waals surface area contributed by atoms with Gasteiger partial charge in [0.1, 0.15) is 0 Å². The molecule has 0 bridgehead atoms. The number of nitrogens with one attached hydrogen (secondary N) is 3. The van der Waals surface area contributed by atoms with Gasteiger partial charge < -0.3 is 20.7 Å². The second-order valence-electron chi connectivity index (χ2n) is 6.45. The number of aryl methyl sites for hydroxylation is 2. The first-order valence-corrected chi connectivity index (χ1v) is 8.87. The third-order valence-electron chi connectivity index (χ3n) is 4.41. The number of benzene rings is 2. The molecule has 2 aromatic rings.